The molecule has 0 N–H and O–H groups in total. The van der Waals surface area contributed by atoms with Gasteiger partial charge in [0, 0.05) is 0 Å². The van der Waals surface area contributed by atoms with Gasteiger partial charge in [0.1, 0.15) is 0 Å². The predicted octanol–water partition coefficient (Wildman–Crippen LogP) is 10.7. The lowest BCUT2D eigenvalue weighted by Gasteiger charge is -2.44. The Balaban J connectivity index is 3.23. The molecule has 0 fully saturated rings. The Kier molecular flexibility index (Phi) is 8.63. The van der Waals surface area contributed by atoms with Gasteiger partial charge in [-0.15, -0.1) is 0 Å². The first-order chi connectivity index (χ1) is 15.3. The third kappa shape index (κ3) is 5.33. The molecule has 2 rings (SSSR count). The number of hydrogen-bond acceptors (Lipinski definition) is 0. The zero-order valence-electron chi connectivity index (χ0n) is 25.3. The smallest absolute Gasteiger partial charge is 0.00688 e. The average molecular weight is 481 g/mol. The highest BCUT2D eigenvalue weighted by atomic mass is 31.1. The summed E-state index contributed by atoms with van der Waals surface area (Å²) in [6.45, 7) is 38.5. The SMILES string of the molecule is Cc1c(C)c(C)c(P(C(C)(C)C)C(C)(C)C)c(-c2ccc(C(C)C)c(C(C)C)c2C(C)C)c1C. The lowest BCUT2D eigenvalue weighted by molar-refractivity contribution is 0.714. The van der Waals surface area contributed by atoms with Crippen LogP contribution in [0.25, 0.3) is 11.1 Å². The summed E-state index contributed by atoms with van der Waals surface area (Å²) < 4.78 is 0. The number of rotatable bonds is 5. The summed E-state index contributed by atoms with van der Waals surface area (Å²) in [5, 5.41) is 2.08. The molecule has 0 atom stereocenters. The van der Waals surface area contributed by atoms with E-state index in [1.165, 1.54) is 38.9 Å². The molecular weight excluding hydrogens is 427 g/mol. The fraction of sp³-hybridized carbons (Fsp3) is 0.636. The van der Waals surface area contributed by atoms with Crippen LogP contribution >= 0.6 is 7.92 Å². The molecule has 34 heavy (non-hydrogen) atoms. The molecule has 0 aromatic heterocycles. The van der Waals surface area contributed by atoms with Gasteiger partial charge < -0.3 is 0 Å². The van der Waals surface area contributed by atoms with Crippen molar-refractivity contribution in [1.82, 2.24) is 0 Å². The van der Waals surface area contributed by atoms with Crippen LogP contribution in [0.1, 0.15) is 140 Å². The van der Waals surface area contributed by atoms with Crippen molar-refractivity contribution in [2.75, 3.05) is 0 Å². The fourth-order valence-electron chi connectivity index (χ4n) is 6.22. The summed E-state index contributed by atoms with van der Waals surface area (Å²) in [7, 11) is -0.425. The molecule has 0 amide bonds. The van der Waals surface area contributed by atoms with Gasteiger partial charge in [0.25, 0.3) is 0 Å². The summed E-state index contributed by atoms with van der Waals surface area (Å²) in [4.78, 5) is 0. The summed E-state index contributed by atoms with van der Waals surface area (Å²) in [5.74, 6) is 1.53. The summed E-state index contributed by atoms with van der Waals surface area (Å²) in [6, 6.07) is 4.93. The van der Waals surface area contributed by atoms with Crippen molar-refractivity contribution in [2.45, 2.75) is 139 Å². The van der Waals surface area contributed by atoms with E-state index in [1.807, 2.05) is 0 Å². The average Bonchev–Trinajstić information content (AvgIpc) is 2.67. The zero-order chi connectivity index (χ0) is 26.5. The molecule has 0 unspecified atom stereocenters. The first-order valence-corrected chi connectivity index (χ1v) is 14.8. The maximum Gasteiger partial charge on any atom is -0.00688 e. The Hall–Kier alpha value is -1.13. The van der Waals surface area contributed by atoms with E-state index in [0.717, 1.165) is 0 Å². The van der Waals surface area contributed by atoms with Gasteiger partial charge in [-0.2, -0.15) is 0 Å². The third-order valence-electron chi connectivity index (χ3n) is 7.59. The lowest BCUT2D eigenvalue weighted by Crippen LogP contribution is -2.34. The van der Waals surface area contributed by atoms with Crippen molar-refractivity contribution >= 4 is 13.2 Å². The van der Waals surface area contributed by atoms with Gasteiger partial charge in [0.15, 0.2) is 0 Å². The van der Waals surface area contributed by atoms with Crippen LogP contribution in [-0.4, -0.2) is 10.3 Å². The van der Waals surface area contributed by atoms with E-state index in [0.29, 0.717) is 17.8 Å². The highest BCUT2D eigenvalue weighted by Crippen LogP contribution is 2.61. The lowest BCUT2D eigenvalue weighted by atomic mass is 9.78. The van der Waals surface area contributed by atoms with Crippen LogP contribution in [0.4, 0.5) is 0 Å². The highest BCUT2D eigenvalue weighted by Gasteiger charge is 2.39. The van der Waals surface area contributed by atoms with Crippen molar-refractivity contribution in [3.63, 3.8) is 0 Å². The minimum absolute atomic E-state index is 0.220. The van der Waals surface area contributed by atoms with E-state index in [4.69, 9.17) is 0 Å². The van der Waals surface area contributed by atoms with E-state index in [9.17, 15) is 0 Å². The normalized spacial score (nSPS) is 13.2. The van der Waals surface area contributed by atoms with Crippen LogP contribution in [0.3, 0.4) is 0 Å². The minimum atomic E-state index is -0.425. The maximum atomic E-state index is 2.48. The molecule has 0 saturated heterocycles. The van der Waals surface area contributed by atoms with E-state index >= 15 is 0 Å². The van der Waals surface area contributed by atoms with Crippen LogP contribution < -0.4 is 5.30 Å². The highest BCUT2D eigenvalue weighted by molar-refractivity contribution is 7.69. The molecule has 0 aliphatic carbocycles. The summed E-state index contributed by atoms with van der Waals surface area (Å²) >= 11 is 0. The minimum Gasteiger partial charge on any atom is -0.0633 e. The first kappa shape index (κ1) is 29.1. The van der Waals surface area contributed by atoms with Gasteiger partial charge in [-0.3, -0.25) is 0 Å². The second-order valence-corrected chi connectivity index (χ2v) is 17.2. The number of benzene rings is 2. The Morgan fingerprint density at radius 2 is 1.00 bits per heavy atom. The quantitative estimate of drug-likeness (QED) is 0.373. The Morgan fingerprint density at radius 3 is 1.38 bits per heavy atom. The van der Waals surface area contributed by atoms with Crippen molar-refractivity contribution < 1.29 is 0 Å². The largest absolute Gasteiger partial charge is 0.0633 e. The van der Waals surface area contributed by atoms with E-state index in [-0.39, 0.29) is 10.3 Å². The molecule has 2 aromatic carbocycles. The van der Waals surface area contributed by atoms with E-state index in [1.54, 1.807) is 16.4 Å². The van der Waals surface area contributed by atoms with Crippen LogP contribution in [0.5, 0.6) is 0 Å². The van der Waals surface area contributed by atoms with E-state index in [2.05, 4.69) is 123 Å². The van der Waals surface area contributed by atoms with Gasteiger partial charge in [-0.1, -0.05) is 103 Å². The number of hydrogen-bond donors (Lipinski definition) is 0. The van der Waals surface area contributed by atoms with Crippen LogP contribution in [0.2, 0.25) is 0 Å². The van der Waals surface area contributed by atoms with Gasteiger partial charge in [-0.05, 0) is 111 Å². The molecule has 0 bridgehead atoms. The molecule has 0 aliphatic heterocycles. The predicted molar refractivity (Wildman–Crippen MR) is 159 cm³/mol. The zero-order valence-corrected chi connectivity index (χ0v) is 26.2. The summed E-state index contributed by atoms with van der Waals surface area (Å²) in [5.41, 5.74) is 13.6. The van der Waals surface area contributed by atoms with E-state index < -0.39 is 7.92 Å². The van der Waals surface area contributed by atoms with Gasteiger partial charge in [0.05, 0.1) is 0 Å². The molecule has 0 spiro atoms. The molecule has 190 valence electrons. The van der Waals surface area contributed by atoms with Crippen molar-refractivity contribution in [1.29, 1.82) is 0 Å². The molecule has 2 aromatic rings. The Labute approximate surface area is 214 Å². The van der Waals surface area contributed by atoms with Crippen LogP contribution in [-0.2, 0) is 0 Å². The first-order valence-electron chi connectivity index (χ1n) is 13.4. The third-order valence-corrected chi connectivity index (χ3v) is 11.3. The van der Waals surface area contributed by atoms with Crippen LogP contribution in [0.15, 0.2) is 12.1 Å². The molecular formula is C33H53P. The van der Waals surface area contributed by atoms with Crippen molar-refractivity contribution in [2.24, 2.45) is 0 Å². The topological polar surface area (TPSA) is 0 Å². The van der Waals surface area contributed by atoms with Gasteiger partial charge in [0.2, 0.25) is 0 Å². The Morgan fingerprint density at radius 1 is 0.559 bits per heavy atom. The Bertz CT molecular complexity index is 1020. The maximum absolute atomic E-state index is 2.48. The van der Waals surface area contributed by atoms with Crippen molar-refractivity contribution in [3.05, 3.63) is 51.1 Å². The fourth-order valence-corrected chi connectivity index (χ4v) is 10.6. The summed E-state index contributed by atoms with van der Waals surface area (Å²) in [6.07, 6.45) is 0. The van der Waals surface area contributed by atoms with Gasteiger partial charge >= 0.3 is 0 Å². The molecule has 0 saturated carbocycles. The molecule has 0 radical (unpaired) electrons. The van der Waals surface area contributed by atoms with Crippen LogP contribution in [0, 0.1) is 27.7 Å². The second kappa shape index (κ2) is 10.1. The second-order valence-electron chi connectivity index (χ2n) is 13.4. The van der Waals surface area contributed by atoms with Crippen molar-refractivity contribution in [3.8, 4) is 11.1 Å². The molecule has 0 aliphatic rings. The molecule has 0 heterocycles. The van der Waals surface area contributed by atoms with Gasteiger partial charge in [-0.25, -0.2) is 0 Å². The molecule has 1 heteroatoms. The monoisotopic (exact) mass is 480 g/mol. The molecule has 0 nitrogen and oxygen atoms in total. The standard InChI is InChI=1S/C33H53P/c1-19(2)26-17-18-27(29(21(5)6)28(26)20(3)4)30-24(9)22(7)23(8)25(10)31(30)34(32(11,12)13)33(14,15)16/h17-21H,1-16H3.